The van der Waals surface area contributed by atoms with Gasteiger partial charge in [0.05, 0.1) is 18.9 Å². The van der Waals surface area contributed by atoms with Crippen LogP contribution in [0.1, 0.15) is 31.4 Å². The van der Waals surface area contributed by atoms with Gasteiger partial charge in [-0.05, 0) is 49.9 Å². The number of hydrogen-bond donors (Lipinski definition) is 3. The summed E-state index contributed by atoms with van der Waals surface area (Å²) in [6.07, 6.45) is 2.76. The molecule has 2 saturated carbocycles. The average Bonchev–Trinajstić information content (AvgIpc) is 3.74. The number of morpholine rings is 1. The Morgan fingerprint density at radius 2 is 1.80 bits per heavy atom. The molecule has 1 saturated heterocycles. The normalized spacial score (nSPS) is 19.1. The summed E-state index contributed by atoms with van der Waals surface area (Å²) in [6.45, 7) is 2.33. The Labute approximate surface area is 203 Å². The third-order valence-corrected chi connectivity index (χ3v) is 8.93. The molecule has 186 valence electrons. The van der Waals surface area contributed by atoms with Crippen LogP contribution in [0.15, 0.2) is 30.3 Å². The van der Waals surface area contributed by atoms with Crippen molar-refractivity contribution in [3.05, 3.63) is 36.0 Å². The molecular weight excluding hydrogens is 472 g/mol. The van der Waals surface area contributed by atoms with Gasteiger partial charge in [0.15, 0.2) is 15.7 Å². The molecule has 1 aromatic heterocycles. The quantitative estimate of drug-likeness (QED) is 0.487. The van der Waals surface area contributed by atoms with Crippen LogP contribution < -0.4 is 21.3 Å². The molecule has 0 spiro atoms. The molecule has 35 heavy (non-hydrogen) atoms. The van der Waals surface area contributed by atoms with Crippen LogP contribution in [0.25, 0.3) is 11.4 Å². The molecule has 0 radical (unpaired) electrons. The molecule has 3 amide bonds. The number of amides is 3. The van der Waals surface area contributed by atoms with Crippen LogP contribution in [0.5, 0.6) is 0 Å². The smallest absolute Gasteiger partial charge is 0.319 e. The molecular formula is C23H28N6O5S. The summed E-state index contributed by atoms with van der Waals surface area (Å²) in [5.41, 5.74) is 6.89. The fourth-order valence-corrected chi connectivity index (χ4v) is 6.00. The van der Waals surface area contributed by atoms with Crippen molar-refractivity contribution in [2.24, 2.45) is 5.73 Å². The highest BCUT2D eigenvalue weighted by Gasteiger charge is 2.57. The number of nitrogens with zero attached hydrogens (tertiary/aromatic N) is 3. The van der Waals surface area contributed by atoms with Crippen LogP contribution in [0, 0.1) is 0 Å². The lowest BCUT2D eigenvalue weighted by Crippen LogP contribution is -2.37. The maximum Gasteiger partial charge on any atom is 0.319 e. The number of rotatable bonds is 8. The zero-order chi connectivity index (χ0) is 24.6. The molecule has 0 atom stereocenters. The zero-order valence-corrected chi connectivity index (χ0v) is 20.0. The van der Waals surface area contributed by atoms with Crippen LogP contribution in [0.3, 0.4) is 0 Å². The van der Waals surface area contributed by atoms with Gasteiger partial charge in [-0.3, -0.25) is 4.79 Å². The molecule has 0 bridgehead atoms. The zero-order valence-electron chi connectivity index (χ0n) is 19.2. The van der Waals surface area contributed by atoms with E-state index in [1.54, 1.807) is 30.3 Å². The Kier molecular flexibility index (Phi) is 6.09. The predicted molar refractivity (Wildman–Crippen MR) is 130 cm³/mol. The van der Waals surface area contributed by atoms with Crippen molar-refractivity contribution in [3.8, 4) is 11.4 Å². The topological polar surface area (TPSA) is 157 Å². The van der Waals surface area contributed by atoms with E-state index < -0.39 is 26.2 Å². The highest BCUT2D eigenvalue weighted by atomic mass is 32.2. The summed E-state index contributed by atoms with van der Waals surface area (Å²) in [6, 6.07) is 8.79. The first-order chi connectivity index (χ1) is 16.8. The van der Waals surface area contributed by atoms with E-state index in [9.17, 15) is 18.0 Å². The van der Waals surface area contributed by atoms with Gasteiger partial charge >= 0.3 is 6.03 Å². The van der Waals surface area contributed by atoms with Crippen molar-refractivity contribution in [3.63, 3.8) is 0 Å². The second-order valence-electron chi connectivity index (χ2n) is 9.20. The number of carbonyl (C=O) groups is 2. The molecule has 12 heteroatoms. The Morgan fingerprint density at radius 1 is 1.11 bits per heavy atom. The van der Waals surface area contributed by atoms with Gasteiger partial charge in [0.25, 0.3) is 0 Å². The first-order valence-corrected chi connectivity index (χ1v) is 13.3. The molecule has 2 aliphatic carbocycles. The standard InChI is InChI=1S/C23H28N6O5S/c24-19(30)14-35(32,33)23(7-8-23)18-13-20(29-9-11-34-12-10-29)28-21(27-18)15-1-3-16(4-2-15)25-22(31)26-17-5-6-17/h1-4,13,17H,5-12,14H2,(H2,24,30)(H2,25,26,31). The predicted octanol–water partition coefficient (Wildman–Crippen LogP) is 1.15. The summed E-state index contributed by atoms with van der Waals surface area (Å²) in [4.78, 5) is 34.9. The number of urea groups is 1. The second kappa shape index (κ2) is 9.08. The Bertz CT molecular complexity index is 1240. The van der Waals surface area contributed by atoms with Gasteiger partial charge in [-0.25, -0.2) is 23.2 Å². The van der Waals surface area contributed by atoms with Crippen LogP contribution in [0.4, 0.5) is 16.3 Å². The highest BCUT2D eigenvalue weighted by molar-refractivity contribution is 7.93. The minimum atomic E-state index is -3.84. The van der Waals surface area contributed by atoms with Crippen molar-refractivity contribution in [2.75, 3.05) is 42.3 Å². The lowest BCUT2D eigenvalue weighted by Gasteiger charge is -2.29. The first kappa shape index (κ1) is 23.5. The molecule has 1 aromatic carbocycles. The molecule has 0 unspecified atom stereocenters. The van der Waals surface area contributed by atoms with E-state index in [0.29, 0.717) is 67.7 Å². The van der Waals surface area contributed by atoms with Crippen molar-refractivity contribution in [2.45, 2.75) is 36.5 Å². The van der Waals surface area contributed by atoms with E-state index in [-0.39, 0.29) is 12.1 Å². The average molecular weight is 501 g/mol. The van der Waals surface area contributed by atoms with Crippen LogP contribution in [-0.2, 0) is 24.1 Å². The number of hydrogen-bond acceptors (Lipinski definition) is 8. The number of aromatic nitrogens is 2. The fourth-order valence-electron chi connectivity index (χ4n) is 4.20. The highest BCUT2D eigenvalue weighted by Crippen LogP contribution is 2.53. The van der Waals surface area contributed by atoms with Crippen molar-refractivity contribution in [1.29, 1.82) is 0 Å². The summed E-state index contributed by atoms with van der Waals surface area (Å²) in [5, 5.41) is 5.67. The van der Waals surface area contributed by atoms with Crippen molar-refractivity contribution >= 4 is 33.3 Å². The van der Waals surface area contributed by atoms with Crippen molar-refractivity contribution in [1.82, 2.24) is 15.3 Å². The molecule has 4 N–H and O–H groups in total. The van der Waals surface area contributed by atoms with Crippen LogP contribution >= 0.6 is 0 Å². The maximum absolute atomic E-state index is 13.0. The van der Waals surface area contributed by atoms with Gasteiger partial charge in [-0.15, -0.1) is 0 Å². The molecule has 11 nitrogen and oxygen atoms in total. The minimum absolute atomic E-state index is 0.247. The van der Waals surface area contributed by atoms with Gasteiger partial charge in [-0.2, -0.15) is 0 Å². The van der Waals surface area contributed by atoms with Gasteiger partial charge < -0.3 is 26.0 Å². The molecule has 1 aliphatic heterocycles. The monoisotopic (exact) mass is 500 g/mol. The molecule has 3 fully saturated rings. The Morgan fingerprint density at radius 3 is 2.40 bits per heavy atom. The van der Waals surface area contributed by atoms with Gasteiger partial charge in [-0.1, -0.05) is 0 Å². The molecule has 2 heterocycles. The molecule has 3 aliphatic rings. The van der Waals surface area contributed by atoms with Crippen LogP contribution in [0.2, 0.25) is 0 Å². The Balaban J connectivity index is 1.47. The summed E-state index contributed by atoms with van der Waals surface area (Å²) >= 11 is 0. The van der Waals surface area contributed by atoms with Gasteiger partial charge in [0.2, 0.25) is 5.91 Å². The summed E-state index contributed by atoms with van der Waals surface area (Å²) < 4.78 is 30.3. The number of primary amides is 1. The number of nitrogens with two attached hydrogens (primary N) is 1. The van der Waals surface area contributed by atoms with Crippen molar-refractivity contribution < 1.29 is 22.7 Å². The third kappa shape index (κ3) is 5.08. The number of sulfone groups is 1. The van der Waals surface area contributed by atoms with Gasteiger partial charge in [0.1, 0.15) is 16.3 Å². The second-order valence-corrected chi connectivity index (χ2v) is 11.5. The SMILES string of the molecule is NC(=O)CS(=O)(=O)C1(c2cc(N3CCOCC3)nc(-c3ccc(NC(=O)NC4CC4)cc3)n2)CC1. The molecule has 5 rings (SSSR count). The van der Waals surface area contributed by atoms with E-state index in [1.807, 2.05) is 4.90 Å². The van der Waals surface area contributed by atoms with E-state index in [4.69, 9.17) is 15.5 Å². The minimum Gasteiger partial charge on any atom is -0.378 e. The Hall–Kier alpha value is -3.25. The number of carbonyl (C=O) groups excluding carboxylic acids is 2. The van der Waals surface area contributed by atoms with E-state index in [0.717, 1.165) is 12.8 Å². The first-order valence-electron chi connectivity index (χ1n) is 11.7. The van der Waals surface area contributed by atoms with E-state index >= 15 is 0 Å². The van der Waals surface area contributed by atoms with Gasteiger partial charge in [0, 0.05) is 36.4 Å². The maximum atomic E-state index is 13.0. The number of ether oxygens (including phenoxy) is 1. The largest absolute Gasteiger partial charge is 0.378 e. The van der Waals surface area contributed by atoms with E-state index in [2.05, 4.69) is 15.6 Å². The number of nitrogens with one attached hydrogen (secondary N) is 2. The summed E-state index contributed by atoms with van der Waals surface area (Å²) in [7, 11) is -3.84. The fraction of sp³-hybridized carbons (Fsp3) is 0.478. The van der Waals surface area contributed by atoms with Crippen LogP contribution in [-0.4, -0.2) is 68.4 Å². The molecule has 2 aromatic rings. The number of benzene rings is 1. The lowest BCUT2D eigenvalue weighted by atomic mass is 10.1. The third-order valence-electron chi connectivity index (χ3n) is 6.46. The van der Waals surface area contributed by atoms with E-state index in [1.165, 1.54) is 0 Å². The lowest BCUT2D eigenvalue weighted by molar-refractivity contribution is -0.115. The number of anilines is 2. The summed E-state index contributed by atoms with van der Waals surface area (Å²) in [5.74, 6) is -0.617.